The fourth-order valence-corrected chi connectivity index (χ4v) is 3.71. The van der Waals surface area contributed by atoms with Crippen LogP contribution in [0, 0.1) is 11.3 Å². The average molecular weight is 367 g/mol. The van der Waals surface area contributed by atoms with E-state index in [2.05, 4.69) is 17.9 Å². The van der Waals surface area contributed by atoms with E-state index in [1.807, 2.05) is 54.2 Å². The molecule has 0 amide bonds. The van der Waals surface area contributed by atoms with Gasteiger partial charge in [-0.25, -0.2) is 8.42 Å². The first-order valence-corrected chi connectivity index (χ1v) is 10.2. The van der Waals surface area contributed by atoms with Crippen LogP contribution in [0.15, 0.2) is 59.8 Å². The largest absolute Gasteiger partial charge is 0.322 e. The SMILES string of the molecule is CC(c1ccc(S(C)(=O)=O)cc1)N(C)Cc1cn2ccccc2c1C#N. The second kappa shape index (κ2) is 6.94. The van der Waals surface area contributed by atoms with Crippen molar-refractivity contribution in [2.75, 3.05) is 13.3 Å². The van der Waals surface area contributed by atoms with Gasteiger partial charge in [0.15, 0.2) is 9.84 Å². The van der Waals surface area contributed by atoms with Crippen LogP contribution in [0.4, 0.5) is 0 Å². The molecule has 1 aromatic carbocycles. The van der Waals surface area contributed by atoms with Crippen LogP contribution >= 0.6 is 0 Å². The lowest BCUT2D eigenvalue weighted by Gasteiger charge is -2.25. The van der Waals surface area contributed by atoms with Gasteiger partial charge in [0.05, 0.1) is 16.0 Å². The van der Waals surface area contributed by atoms with Crippen LogP contribution < -0.4 is 0 Å². The van der Waals surface area contributed by atoms with Crippen molar-refractivity contribution in [2.45, 2.75) is 24.4 Å². The number of rotatable bonds is 5. The molecule has 0 fully saturated rings. The van der Waals surface area contributed by atoms with Crippen molar-refractivity contribution in [1.29, 1.82) is 5.26 Å². The molecule has 0 aliphatic rings. The summed E-state index contributed by atoms with van der Waals surface area (Å²) >= 11 is 0. The number of fused-ring (bicyclic) bond motifs is 1. The fourth-order valence-electron chi connectivity index (χ4n) is 3.08. The predicted molar refractivity (Wildman–Crippen MR) is 102 cm³/mol. The Morgan fingerprint density at radius 2 is 1.88 bits per heavy atom. The molecule has 2 heterocycles. The zero-order valence-corrected chi connectivity index (χ0v) is 15.9. The van der Waals surface area contributed by atoms with Gasteiger partial charge in [0.1, 0.15) is 6.07 Å². The third-order valence-electron chi connectivity index (χ3n) is 4.75. The maximum Gasteiger partial charge on any atom is 0.175 e. The van der Waals surface area contributed by atoms with Gasteiger partial charge in [-0.2, -0.15) is 5.26 Å². The number of hydrogen-bond acceptors (Lipinski definition) is 4. The molecule has 3 aromatic rings. The van der Waals surface area contributed by atoms with Gasteiger partial charge in [-0.05, 0) is 43.8 Å². The standard InChI is InChI=1S/C20H21N3O2S/c1-15(16-7-9-18(10-8-16)26(3,24)25)22(2)13-17-14-23-11-5-4-6-20(23)19(17)12-21/h4-11,14-15H,13H2,1-3H3. The summed E-state index contributed by atoms with van der Waals surface area (Å²) < 4.78 is 25.2. The number of pyridine rings is 1. The normalized spacial score (nSPS) is 13.0. The Labute approximate surface area is 154 Å². The van der Waals surface area contributed by atoms with Crippen molar-refractivity contribution in [1.82, 2.24) is 9.30 Å². The molecule has 2 aromatic heterocycles. The van der Waals surface area contributed by atoms with Crippen LogP contribution in [-0.2, 0) is 16.4 Å². The van der Waals surface area contributed by atoms with Crippen molar-refractivity contribution >= 4 is 15.4 Å². The highest BCUT2D eigenvalue weighted by molar-refractivity contribution is 7.90. The highest BCUT2D eigenvalue weighted by atomic mass is 32.2. The molecular formula is C20H21N3O2S. The highest BCUT2D eigenvalue weighted by Crippen LogP contribution is 2.25. The molecule has 26 heavy (non-hydrogen) atoms. The van der Waals surface area contributed by atoms with Gasteiger partial charge in [0.2, 0.25) is 0 Å². The summed E-state index contributed by atoms with van der Waals surface area (Å²) in [7, 11) is -1.19. The molecule has 5 nitrogen and oxygen atoms in total. The number of sulfone groups is 1. The van der Waals surface area contributed by atoms with Gasteiger partial charge < -0.3 is 4.40 Å². The second-order valence-electron chi connectivity index (χ2n) is 6.57. The van der Waals surface area contributed by atoms with Gasteiger partial charge in [-0.1, -0.05) is 18.2 Å². The van der Waals surface area contributed by atoms with Crippen LogP contribution in [0.3, 0.4) is 0 Å². The summed E-state index contributed by atoms with van der Waals surface area (Å²) in [6.45, 7) is 2.69. The van der Waals surface area contributed by atoms with E-state index < -0.39 is 9.84 Å². The molecule has 0 aliphatic carbocycles. The van der Waals surface area contributed by atoms with E-state index in [9.17, 15) is 13.7 Å². The molecule has 0 radical (unpaired) electrons. The van der Waals surface area contributed by atoms with Crippen LogP contribution in [0.25, 0.3) is 5.52 Å². The maximum atomic E-state index is 11.6. The third-order valence-corrected chi connectivity index (χ3v) is 5.87. The Morgan fingerprint density at radius 1 is 1.19 bits per heavy atom. The molecule has 6 heteroatoms. The molecule has 1 unspecified atom stereocenters. The molecule has 3 rings (SSSR count). The molecular weight excluding hydrogens is 346 g/mol. The number of nitriles is 1. The molecule has 134 valence electrons. The van der Waals surface area contributed by atoms with E-state index in [1.54, 1.807) is 12.1 Å². The van der Waals surface area contributed by atoms with E-state index in [1.165, 1.54) is 6.26 Å². The van der Waals surface area contributed by atoms with E-state index in [4.69, 9.17) is 0 Å². The quantitative estimate of drug-likeness (QED) is 0.693. The van der Waals surface area contributed by atoms with Crippen molar-refractivity contribution in [2.24, 2.45) is 0 Å². The lowest BCUT2D eigenvalue weighted by atomic mass is 10.1. The Bertz CT molecular complexity index is 1080. The molecule has 0 bridgehead atoms. The van der Waals surface area contributed by atoms with Gasteiger partial charge in [0.25, 0.3) is 0 Å². The van der Waals surface area contributed by atoms with E-state index >= 15 is 0 Å². The first-order valence-electron chi connectivity index (χ1n) is 8.30. The first-order chi connectivity index (χ1) is 12.3. The predicted octanol–water partition coefficient (Wildman–Crippen LogP) is 3.41. The summed E-state index contributed by atoms with van der Waals surface area (Å²) in [5, 5.41) is 9.54. The van der Waals surface area contributed by atoms with Crippen LogP contribution in [0.2, 0.25) is 0 Å². The van der Waals surface area contributed by atoms with E-state index in [0.29, 0.717) is 17.0 Å². The van der Waals surface area contributed by atoms with Gasteiger partial charge >= 0.3 is 0 Å². The van der Waals surface area contributed by atoms with Crippen LogP contribution in [-0.4, -0.2) is 31.0 Å². The molecule has 0 saturated heterocycles. The molecule has 1 atom stereocenters. The number of nitrogens with zero attached hydrogens (tertiary/aromatic N) is 3. The third kappa shape index (κ3) is 3.50. The Morgan fingerprint density at radius 3 is 2.50 bits per heavy atom. The Balaban J connectivity index is 1.84. The fraction of sp³-hybridized carbons (Fsp3) is 0.250. The lowest BCUT2D eigenvalue weighted by Crippen LogP contribution is -2.22. The first kappa shape index (κ1) is 18.2. The number of benzene rings is 1. The Kier molecular flexibility index (Phi) is 4.86. The molecule has 0 aliphatic heterocycles. The highest BCUT2D eigenvalue weighted by Gasteiger charge is 2.17. The van der Waals surface area contributed by atoms with Crippen LogP contribution in [0.1, 0.15) is 29.7 Å². The molecule has 0 saturated carbocycles. The van der Waals surface area contributed by atoms with E-state index in [0.717, 1.165) is 16.6 Å². The second-order valence-corrected chi connectivity index (χ2v) is 8.58. The smallest absolute Gasteiger partial charge is 0.175 e. The summed E-state index contributed by atoms with van der Waals surface area (Å²) in [6.07, 6.45) is 5.13. The molecule has 0 spiro atoms. The summed E-state index contributed by atoms with van der Waals surface area (Å²) in [6, 6.07) is 15.2. The minimum absolute atomic E-state index is 0.0816. The zero-order valence-electron chi connectivity index (χ0n) is 15.0. The lowest BCUT2D eigenvalue weighted by molar-refractivity contribution is 0.253. The summed E-state index contributed by atoms with van der Waals surface area (Å²) in [5.74, 6) is 0. The molecule has 0 N–H and O–H groups in total. The van der Waals surface area contributed by atoms with Gasteiger partial charge in [-0.15, -0.1) is 0 Å². The van der Waals surface area contributed by atoms with Crippen molar-refractivity contribution in [3.63, 3.8) is 0 Å². The Hall–Kier alpha value is -2.62. The summed E-state index contributed by atoms with van der Waals surface area (Å²) in [4.78, 5) is 2.46. The minimum Gasteiger partial charge on any atom is -0.322 e. The number of hydrogen-bond donors (Lipinski definition) is 0. The monoisotopic (exact) mass is 367 g/mol. The van der Waals surface area contributed by atoms with Crippen molar-refractivity contribution < 1.29 is 8.42 Å². The van der Waals surface area contributed by atoms with E-state index in [-0.39, 0.29) is 6.04 Å². The minimum atomic E-state index is -3.19. The van der Waals surface area contributed by atoms with Gasteiger partial charge in [-0.3, -0.25) is 4.90 Å². The van der Waals surface area contributed by atoms with Gasteiger partial charge in [0, 0.05) is 36.8 Å². The van der Waals surface area contributed by atoms with Crippen molar-refractivity contribution in [3.8, 4) is 6.07 Å². The van der Waals surface area contributed by atoms with Crippen molar-refractivity contribution in [3.05, 3.63) is 71.5 Å². The topological polar surface area (TPSA) is 65.6 Å². The van der Waals surface area contributed by atoms with Crippen LogP contribution in [0.5, 0.6) is 0 Å². The summed E-state index contributed by atoms with van der Waals surface area (Å²) in [5.41, 5.74) is 3.60. The average Bonchev–Trinajstić information content (AvgIpc) is 2.97. The number of aromatic nitrogens is 1. The zero-order chi connectivity index (χ0) is 18.9. The maximum absolute atomic E-state index is 11.6.